The molecule has 0 fully saturated rings. The molecule has 0 bridgehead atoms. The first-order valence-electron chi connectivity index (χ1n) is 7.46. The van der Waals surface area contributed by atoms with Crippen molar-refractivity contribution >= 4 is 5.91 Å². The molecular formula is C17H28N2O. The van der Waals surface area contributed by atoms with Crippen LogP contribution in [0.5, 0.6) is 0 Å². The molecule has 3 heteroatoms. The summed E-state index contributed by atoms with van der Waals surface area (Å²) in [4.78, 5) is 13.9. The average molecular weight is 276 g/mol. The van der Waals surface area contributed by atoms with Crippen molar-refractivity contribution < 1.29 is 4.79 Å². The van der Waals surface area contributed by atoms with Gasteiger partial charge in [-0.1, -0.05) is 45.0 Å². The van der Waals surface area contributed by atoms with Crippen LogP contribution < -0.4 is 5.32 Å². The monoisotopic (exact) mass is 276 g/mol. The fourth-order valence-corrected chi connectivity index (χ4v) is 2.23. The molecule has 1 N–H and O–H groups in total. The van der Waals surface area contributed by atoms with Gasteiger partial charge in [-0.15, -0.1) is 0 Å². The minimum absolute atomic E-state index is 0.136. The molecule has 1 aromatic rings. The van der Waals surface area contributed by atoms with E-state index in [2.05, 4.69) is 55.3 Å². The summed E-state index contributed by atoms with van der Waals surface area (Å²) < 4.78 is 0. The number of benzene rings is 1. The van der Waals surface area contributed by atoms with Crippen molar-refractivity contribution in [3.63, 3.8) is 0 Å². The van der Waals surface area contributed by atoms with Crippen molar-refractivity contribution in [2.24, 2.45) is 5.92 Å². The number of rotatable bonds is 7. The Morgan fingerprint density at radius 3 is 2.25 bits per heavy atom. The van der Waals surface area contributed by atoms with Gasteiger partial charge in [0.2, 0.25) is 5.91 Å². The molecule has 0 heterocycles. The summed E-state index contributed by atoms with van der Waals surface area (Å²) in [5.74, 6) is 0.536. The summed E-state index contributed by atoms with van der Waals surface area (Å²) in [5.41, 5.74) is 2.59. The maximum atomic E-state index is 11.8. The molecule has 112 valence electrons. The number of carbonyl (C=O) groups excluding carboxylic acids is 1. The van der Waals surface area contributed by atoms with Crippen molar-refractivity contribution in [2.75, 3.05) is 20.6 Å². The maximum absolute atomic E-state index is 11.8. The summed E-state index contributed by atoms with van der Waals surface area (Å²) in [7, 11) is 4.10. The van der Waals surface area contributed by atoms with Gasteiger partial charge in [-0.3, -0.25) is 4.79 Å². The van der Waals surface area contributed by atoms with Gasteiger partial charge in [0.15, 0.2) is 0 Å². The van der Waals surface area contributed by atoms with Gasteiger partial charge < -0.3 is 10.2 Å². The number of hydrogen-bond donors (Lipinski definition) is 1. The van der Waals surface area contributed by atoms with E-state index in [9.17, 15) is 4.79 Å². The lowest BCUT2D eigenvalue weighted by Crippen LogP contribution is -2.34. The van der Waals surface area contributed by atoms with Crippen LogP contribution in [0.25, 0.3) is 0 Å². The van der Waals surface area contributed by atoms with E-state index in [1.807, 2.05) is 14.1 Å². The van der Waals surface area contributed by atoms with Gasteiger partial charge in [0, 0.05) is 13.0 Å². The van der Waals surface area contributed by atoms with E-state index in [-0.39, 0.29) is 11.9 Å². The van der Waals surface area contributed by atoms with E-state index in [1.54, 1.807) is 0 Å². The van der Waals surface area contributed by atoms with Gasteiger partial charge in [-0.05, 0) is 37.6 Å². The summed E-state index contributed by atoms with van der Waals surface area (Å²) >= 11 is 0. The number of likely N-dealkylation sites (N-methyl/N-ethyl adjacent to an activating group) is 1. The molecule has 0 spiro atoms. The molecule has 1 atom stereocenters. The Hall–Kier alpha value is -1.35. The van der Waals surface area contributed by atoms with Crippen molar-refractivity contribution in [3.8, 4) is 0 Å². The van der Waals surface area contributed by atoms with Gasteiger partial charge in [0.25, 0.3) is 0 Å². The zero-order chi connectivity index (χ0) is 15.1. The van der Waals surface area contributed by atoms with Gasteiger partial charge in [-0.25, -0.2) is 0 Å². The second-order valence-electron chi connectivity index (χ2n) is 5.98. The second kappa shape index (κ2) is 8.05. The Morgan fingerprint density at radius 1 is 1.20 bits per heavy atom. The predicted octanol–water partition coefficient (Wildman–Crippen LogP) is 3.01. The molecule has 0 saturated carbocycles. The van der Waals surface area contributed by atoms with E-state index in [4.69, 9.17) is 0 Å². The number of amides is 1. The Bertz CT molecular complexity index is 410. The molecule has 0 aromatic heterocycles. The molecule has 0 aliphatic rings. The van der Waals surface area contributed by atoms with Crippen LogP contribution in [0.15, 0.2) is 24.3 Å². The van der Waals surface area contributed by atoms with Crippen LogP contribution in [0, 0.1) is 5.92 Å². The van der Waals surface area contributed by atoms with Crippen molar-refractivity contribution in [2.45, 2.75) is 39.7 Å². The number of nitrogens with one attached hydrogen (secondary N) is 1. The molecule has 1 unspecified atom stereocenters. The molecule has 1 rings (SSSR count). The molecule has 1 amide bonds. The highest BCUT2D eigenvalue weighted by atomic mass is 16.1. The quantitative estimate of drug-likeness (QED) is 0.830. The minimum Gasteiger partial charge on any atom is -0.354 e. The zero-order valence-electron chi connectivity index (χ0n) is 13.4. The highest BCUT2D eigenvalue weighted by molar-refractivity contribution is 5.76. The van der Waals surface area contributed by atoms with Crippen LogP contribution in [-0.2, 0) is 11.2 Å². The smallest absolute Gasteiger partial charge is 0.220 e. The first kappa shape index (κ1) is 16.7. The van der Waals surface area contributed by atoms with E-state index < -0.39 is 0 Å². The van der Waals surface area contributed by atoms with Crippen LogP contribution in [0.1, 0.15) is 44.4 Å². The Labute approximate surface area is 123 Å². The van der Waals surface area contributed by atoms with Crippen LogP contribution in [0.4, 0.5) is 0 Å². The highest BCUT2D eigenvalue weighted by Gasteiger charge is 2.15. The summed E-state index contributed by atoms with van der Waals surface area (Å²) in [6.07, 6.45) is 1.65. The normalized spacial score (nSPS) is 12.8. The summed E-state index contributed by atoms with van der Waals surface area (Å²) in [6, 6.07) is 8.89. The molecule has 1 aromatic carbocycles. The third-order valence-corrected chi connectivity index (χ3v) is 3.48. The van der Waals surface area contributed by atoms with Crippen molar-refractivity contribution in [3.05, 3.63) is 35.4 Å². The zero-order valence-corrected chi connectivity index (χ0v) is 13.4. The topological polar surface area (TPSA) is 32.3 Å². The number of aryl methyl sites for hydroxylation is 1. The molecular weight excluding hydrogens is 248 g/mol. The van der Waals surface area contributed by atoms with Crippen molar-refractivity contribution in [1.29, 1.82) is 0 Å². The Kier molecular flexibility index (Phi) is 6.73. The number of carbonyl (C=O) groups is 1. The fraction of sp³-hybridized carbons (Fsp3) is 0.588. The Morgan fingerprint density at radius 2 is 1.80 bits per heavy atom. The van der Waals surface area contributed by atoms with Crippen molar-refractivity contribution in [1.82, 2.24) is 10.2 Å². The Balaban J connectivity index is 2.66. The van der Waals surface area contributed by atoms with Crippen LogP contribution in [0.2, 0.25) is 0 Å². The lowest BCUT2D eigenvalue weighted by Gasteiger charge is -2.25. The van der Waals surface area contributed by atoms with E-state index in [1.165, 1.54) is 11.1 Å². The lowest BCUT2D eigenvalue weighted by atomic mass is 10.0. The average Bonchev–Trinajstić information content (AvgIpc) is 2.38. The molecule has 0 aliphatic carbocycles. The number of hydrogen-bond acceptors (Lipinski definition) is 2. The van der Waals surface area contributed by atoms with Crippen LogP contribution in [-0.4, -0.2) is 31.4 Å². The second-order valence-corrected chi connectivity index (χ2v) is 5.98. The van der Waals surface area contributed by atoms with E-state index in [0.717, 1.165) is 6.42 Å². The minimum atomic E-state index is 0.136. The lowest BCUT2D eigenvalue weighted by molar-refractivity contribution is -0.122. The molecule has 0 radical (unpaired) electrons. The fourth-order valence-electron chi connectivity index (χ4n) is 2.23. The standard InChI is InChI=1S/C17H28N2O/c1-6-14-7-9-15(10-8-14)16(19(4)5)12-18-17(20)11-13(2)3/h7-10,13,16H,6,11-12H2,1-5H3,(H,18,20). The molecule has 3 nitrogen and oxygen atoms in total. The van der Waals surface area contributed by atoms with Gasteiger partial charge in [0.1, 0.15) is 0 Å². The van der Waals surface area contributed by atoms with Gasteiger partial charge in [-0.2, -0.15) is 0 Å². The van der Waals surface area contributed by atoms with Crippen LogP contribution in [0.3, 0.4) is 0 Å². The van der Waals surface area contributed by atoms with Crippen LogP contribution >= 0.6 is 0 Å². The highest BCUT2D eigenvalue weighted by Crippen LogP contribution is 2.18. The molecule has 0 aliphatic heterocycles. The first-order valence-corrected chi connectivity index (χ1v) is 7.46. The van der Waals surface area contributed by atoms with Gasteiger partial charge in [0.05, 0.1) is 6.04 Å². The predicted molar refractivity (Wildman–Crippen MR) is 84.7 cm³/mol. The summed E-state index contributed by atoms with van der Waals surface area (Å²) in [5, 5.41) is 3.04. The van der Waals surface area contributed by atoms with E-state index in [0.29, 0.717) is 18.9 Å². The molecule has 20 heavy (non-hydrogen) atoms. The van der Waals surface area contributed by atoms with Gasteiger partial charge >= 0.3 is 0 Å². The third-order valence-electron chi connectivity index (χ3n) is 3.48. The number of nitrogens with zero attached hydrogens (tertiary/aromatic N) is 1. The van der Waals surface area contributed by atoms with E-state index >= 15 is 0 Å². The molecule has 0 saturated heterocycles. The SMILES string of the molecule is CCc1ccc(C(CNC(=O)CC(C)C)N(C)C)cc1. The largest absolute Gasteiger partial charge is 0.354 e. The first-order chi connectivity index (χ1) is 9.43. The maximum Gasteiger partial charge on any atom is 0.220 e. The summed E-state index contributed by atoms with van der Waals surface area (Å²) in [6.45, 7) is 6.94. The third kappa shape index (κ3) is 5.33.